The van der Waals surface area contributed by atoms with Crippen molar-refractivity contribution in [1.82, 2.24) is 4.98 Å². The van der Waals surface area contributed by atoms with Crippen molar-refractivity contribution in [2.45, 2.75) is 6.61 Å². The van der Waals surface area contributed by atoms with Crippen LogP contribution in [-0.2, 0) is 6.61 Å². The monoisotopic (exact) mass is 268 g/mol. The molecule has 17 heavy (non-hydrogen) atoms. The zero-order chi connectivity index (χ0) is 12.4. The molecule has 3 nitrogen and oxygen atoms in total. The van der Waals surface area contributed by atoms with Gasteiger partial charge in [-0.25, -0.2) is 0 Å². The number of aliphatic hydroxyl groups excluding tert-OH is 1. The highest BCUT2D eigenvalue weighted by atomic mass is 35.5. The van der Waals surface area contributed by atoms with E-state index in [0.717, 1.165) is 0 Å². The van der Waals surface area contributed by atoms with Crippen molar-refractivity contribution in [1.29, 1.82) is 0 Å². The van der Waals surface area contributed by atoms with Crippen LogP contribution in [0.3, 0.4) is 0 Å². The summed E-state index contributed by atoms with van der Waals surface area (Å²) in [5.74, 6) is 0. The van der Waals surface area contributed by atoms with E-state index in [1.165, 1.54) is 0 Å². The molecule has 5 heteroatoms. The fourth-order valence-corrected chi connectivity index (χ4v) is 2.12. The van der Waals surface area contributed by atoms with Crippen LogP contribution in [0.4, 0.5) is 5.69 Å². The van der Waals surface area contributed by atoms with Crippen LogP contribution in [-0.4, -0.2) is 10.1 Å². The van der Waals surface area contributed by atoms with Crippen LogP contribution in [0.1, 0.15) is 5.56 Å². The first-order valence-electron chi connectivity index (χ1n) is 4.93. The Bertz CT molecular complexity index is 538. The number of pyridine rings is 1. The van der Waals surface area contributed by atoms with E-state index in [4.69, 9.17) is 34.0 Å². The molecule has 0 radical (unpaired) electrons. The zero-order valence-electron chi connectivity index (χ0n) is 8.82. The van der Waals surface area contributed by atoms with Crippen molar-refractivity contribution in [3.05, 3.63) is 46.1 Å². The molecular weight excluding hydrogens is 259 g/mol. The van der Waals surface area contributed by atoms with Gasteiger partial charge in [-0.3, -0.25) is 4.98 Å². The smallest absolute Gasteiger partial charge is 0.0961 e. The number of nitrogen functional groups attached to an aromatic ring is 1. The minimum atomic E-state index is -0.103. The molecule has 0 saturated heterocycles. The van der Waals surface area contributed by atoms with Gasteiger partial charge < -0.3 is 10.8 Å². The third-order valence-electron chi connectivity index (χ3n) is 2.36. The van der Waals surface area contributed by atoms with Crippen LogP contribution in [0.25, 0.3) is 11.3 Å². The first-order chi connectivity index (χ1) is 8.13. The van der Waals surface area contributed by atoms with Crippen molar-refractivity contribution in [2.24, 2.45) is 0 Å². The maximum atomic E-state index is 8.98. The van der Waals surface area contributed by atoms with Crippen LogP contribution >= 0.6 is 23.2 Å². The van der Waals surface area contributed by atoms with Gasteiger partial charge in [-0.1, -0.05) is 29.3 Å². The average molecular weight is 269 g/mol. The Kier molecular flexibility index (Phi) is 3.52. The molecular formula is C12H10Cl2N2O. The van der Waals surface area contributed by atoms with Crippen LogP contribution in [0.2, 0.25) is 10.0 Å². The molecule has 2 aromatic rings. The van der Waals surface area contributed by atoms with E-state index in [1.54, 1.807) is 30.5 Å². The van der Waals surface area contributed by atoms with Crippen LogP contribution < -0.4 is 5.73 Å². The molecule has 0 aliphatic rings. The SMILES string of the molecule is Nc1cc(CO)cnc1-c1c(Cl)cccc1Cl. The standard InChI is InChI=1S/C12H10Cl2N2O/c13-8-2-1-3-9(14)11(8)12-10(15)4-7(6-17)5-16-12/h1-5,17H,6,15H2. The molecule has 3 N–H and O–H groups in total. The van der Waals surface area contributed by atoms with E-state index in [-0.39, 0.29) is 6.61 Å². The summed E-state index contributed by atoms with van der Waals surface area (Å²) in [5, 5.41) is 9.97. The summed E-state index contributed by atoms with van der Waals surface area (Å²) in [6.07, 6.45) is 1.55. The maximum Gasteiger partial charge on any atom is 0.0961 e. The lowest BCUT2D eigenvalue weighted by molar-refractivity contribution is 0.281. The Morgan fingerprint density at radius 2 is 1.88 bits per heavy atom. The highest BCUT2D eigenvalue weighted by Crippen LogP contribution is 2.36. The van der Waals surface area contributed by atoms with Crippen molar-refractivity contribution in [3.63, 3.8) is 0 Å². The highest BCUT2D eigenvalue weighted by molar-refractivity contribution is 6.39. The van der Waals surface area contributed by atoms with Crippen molar-refractivity contribution in [2.75, 3.05) is 5.73 Å². The van der Waals surface area contributed by atoms with Gasteiger partial charge in [-0.05, 0) is 23.8 Å². The first-order valence-corrected chi connectivity index (χ1v) is 5.68. The lowest BCUT2D eigenvalue weighted by Gasteiger charge is -2.09. The summed E-state index contributed by atoms with van der Waals surface area (Å²) >= 11 is 12.2. The summed E-state index contributed by atoms with van der Waals surface area (Å²) in [4.78, 5) is 4.19. The molecule has 1 aromatic carbocycles. The van der Waals surface area contributed by atoms with Gasteiger partial charge in [0.1, 0.15) is 0 Å². The molecule has 2 rings (SSSR count). The largest absolute Gasteiger partial charge is 0.397 e. The maximum absolute atomic E-state index is 8.98. The van der Waals surface area contributed by atoms with Gasteiger partial charge in [0.15, 0.2) is 0 Å². The number of hydrogen-bond acceptors (Lipinski definition) is 3. The van der Waals surface area contributed by atoms with Crippen molar-refractivity contribution >= 4 is 28.9 Å². The molecule has 1 aromatic heterocycles. The average Bonchev–Trinajstić information content (AvgIpc) is 2.30. The molecule has 0 fully saturated rings. The molecule has 88 valence electrons. The minimum Gasteiger partial charge on any atom is -0.397 e. The summed E-state index contributed by atoms with van der Waals surface area (Å²) in [5.41, 5.74) is 8.09. The second-order valence-corrected chi connectivity index (χ2v) is 4.35. The van der Waals surface area contributed by atoms with Gasteiger partial charge in [0, 0.05) is 11.8 Å². The Balaban J connectivity index is 2.61. The summed E-state index contributed by atoms with van der Waals surface area (Å²) in [6.45, 7) is -0.103. The van der Waals surface area contributed by atoms with Gasteiger partial charge in [0.05, 0.1) is 28.0 Å². The first kappa shape index (κ1) is 12.2. The summed E-state index contributed by atoms with van der Waals surface area (Å²) < 4.78 is 0. The Labute approximate surface area is 109 Å². The third kappa shape index (κ3) is 2.36. The van der Waals surface area contributed by atoms with Gasteiger partial charge in [-0.2, -0.15) is 0 Å². The number of aromatic nitrogens is 1. The van der Waals surface area contributed by atoms with Gasteiger partial charge in [0.25, 0.3) is 0 Å². The fourth-order valence-electron chi connectivity index (χ4n) is 1.55. The number of anilines is 1. The fraction of sp³-hybridized carbons (Fsp3) is 0.0833. The highest BCUT2D eigenvalue weighted by Gasteiger charge is 2.12. The van der Waals surface area contributed by atoms with Gasteiger partial charge >= 0.3 is 0 Å². The molecule has 0 bridgehead atoms. The molecule has 0 aliphatic heterocycles. The molecule has 0 aliphatic carbocycles. The molecule has 0 amide bonds. The number of aliphatic hydroxyl groups is 1. The van der Waals surface area contributed by atoms with Crippen LogP contribution in [0.5, 0.6) is 0 Å². The number of halogens is 2. The van der Waals surface area contributed by atoms with E-state index >= 15 is 0 Å². The molecule has 0 saturated carbocycles. The summed E-state index contributed by atoms with van der Waals surface area (Å²) in [6, 6.07) is 6.86. The second kappa shape index (κ2) is 4.92. The normalized spacial score (nSPS) is 10.5. The van der Waals surface area contributed by atoms with E-state index in [1.807, 2.05) is 0 Å². The van der Waals surface area contributed by atoms with E-state index in [9.17, 15) is 0 Å². The lowest BCUT2D eigenvalue weighted by atomic mass is 10.1. The quantitative estimate of drug-likeness (QED) is 0.880. The Morgan fingerprint density at radius 1 is 1.24 bits per heavy atom. The minimum absolute atomic E-state index is 0.103. The topological polar surface area (TPSA) is 59.1 Å². The Morgan fingerprint density at radius 3 is 2.41 bits per heavy atom. The van der Waals surface area contributed by atoms with Crippen LogP contribution in [0, 0.1) is 0 Å². The van der Waals surface area contributed by atoms with E-state index in [0.29, 0.717) is 32.6 Å². The van der Waals surface area contributed by atoms with Crippen LogP contribution in [0.15, 0.2) is 30.5 Å². The third-order valence-corrected chi connectivity index (χ3v) is 2.99. The predicted molar refractivity (Wildman–Crippen MR) is 70.0 cm³/mol. The van der Waals surface area contributed by atoms with E-state index in [2.05, 4.69) is 4.98 Å². The van der Waals surface area contributed by atoms with Gasteiger partial charge in [-0.15, -0.1) is 0 Å². The lowest BCUT2D eigenvalue weighted by Crippen LogP contribution is -1.97. The molecule has 0 atom stereocenters. The predicted octanol–water partition coefficient (Wildman–Crippen LogP) is 3.13. The number of hydrogen-bond donors (Lipinski definition) is 2. The van der Waals surface area contributed by atoms with E-state index < -0.39 is 0 Å². The molecule has 0 spiro atoms. The van der Waals surface area contributed by atoms with Crippen molar-refractivity contribution in [3.8, 4) is 11.3 Å². The number of nitrogens with two attached hydrogens (primary N) is 1. The number of benzene rings is 1. The summed E-state index contributed by atoms with van der Waals surface area (Å²) in [7, 11) is 0. The number of nitrogens with zero attached hydrogens (tertiary/aromatic N) is 1. The van der Waals surface area contributed by atoms with Gasteiger partial charge in [0.2, 0.25) is 0 Å². The number of rotatable bonds is 2. The second-order valence-electron chi connectivity index (χ2n) is 3.54. The van der Waals surface area contributed by atoms with Crippen molar-refractivity contribution < 1.29 is 5.11 Å². The Hall–Kier alpha value is -1.29. The molecule has 0 unspecified atom stereocenters. The molecule has 1 heterocycles. The zero-order valence-corrected chi connectivity index (χ0v) is 10.3.